The minimum absolute atomic E-state index is 0.0932. The number of ether oxygens (including phenoxy) is 3. The number of aliphatic hydroxyl groups is 3. The molecule has 1 amide bonds. The van der Waals surface area contributed by atoms with Gasteiger partial charge in [-0.2, -0.15) is 0 Å². The number of nitrogens with zero attached hydrogens (tertiary/aromatic N) is 1. The molecule has 5 unspecified atom stereocenters. The molecule has 5 atom stereocenters. The molecule has 1 aromatic rings. The van der Waals surface area contributed by atoms with Gasteiger partial charge in [0.15, 0.2) is 5.75 Å². The molecule has 1 aliphatic rings. The van der Waals surface area contributed by atoms with Gasteiger partial charge in [-0.25, -0.2) is 4.98 Å². The maximum atomic E-state index is 11.3. The lowest BCUT2D eigenvalue weighted by Gasteiger charge is -2.41. The van der Waals surface area contributed by atoms with Crippen molar-refractivity contribution in [1.82, 2.24) is 10.3 Å². The number of hydrogen-bond acceptors (Lipinski definition) is 8. The zero-order valence-electron chi connectivity index (χ0n) is 12.7. The largest absolute Gasteiger partial charge is 0.491 e. The number of aliphatic hydroxyl groups excluding tert-OH is 3. The Morgan fingerprint density at radius 3 is 2.78 bits per heavy atom. The number of methoxy groups -OCH3 is 1. The number of pyridine rings is 1. The predicted molar refractivity (Wildman–Crippen MR) is 76.8 cm³/mol. The Morgan fingerprint density at radius 1 is 1.43 bits per heavy atom. The summed E-state index contributed by atoms with van der Waals surface area (Å²) in [6.45, 7) is 0.736. The molecule has 1 saturated heterocycles. The number of nitrogens with one attached hydrogen (secondary N) is 1. The maximum Gasteiger partial charge on any atom is 0.259 e. The van der Waals surface area contributed by atoms with Gasteiger partial charge in [-0.05, 0) is 12.1 Å². The number of carbonyl (C=O) groups excluding carboxylic acids is 1. The summed E-state index contributed by atoms with van der Waals surface area (Å²) in [5.74, 6) is -0.0108. The number of amides is 1. The van der Waals surface area contributed by atoms with Crippen molar-refractivity contribution in [3.8, 4) is 11.6 Å². The second-order valence-electron chi connectivity index (χ2n) is 5.06. The first-order valence-corrected chi connectivity index (χ1v) is 7.03. The Kier molecular flexibility index (Phi) is 5.72. The van der Waals surface area contributed by atoms with Crippen LogP contribution in [0.5, 0.6) is 11.6 Å². The average Bonchev–Trinajstić information content (AvgIpc) is 2.54. The Labute approximate surface area is 132 Å². The molecule has 0 aromatic carbocycles. The molecule has 0 bridgehead atoms. The molecular formula is C14H20N2O7. The fraction of sp³-hybridized carbons (Fsp3) is 0.571. The molecule has 9 heteroatoms. The molecule has 0 spiro atoms. The lowest BCUT2D eigenvalue weighted by molar-refractivity contribution is -0.245. The van der Waals surface area contributed by atoms with Gasteiger partial charge in [0.05, 0.1) is 13.7 Å². The first kappa shape index (κ1) is 17.4. The molecule has 2 heterocycles. The monoisotopic (exact) mass is 328 g/mol. The van der Waals surface area contributed by atoms with E-state index in [2.05, 4.69) is 10.3 Å². The fourth-order valence-corrected chi connectivity index (χ4v) is 2.30. The molecule has 2 rings (SSSR count). The van der Waals surface area contributed by atoms with Crippen molar-refractivity contribution in [2.75, 3.05) is 13.7 Å². The highest BCUT2D eigenvalue weighted by molar-refractivity contribution is 5.73. The third-order valence-electron chi connectivity index (χ3n) is 3.43. The lowest BCUT2D eigenvalue weighted by Crippen LogP contribution is -2.65. The van der Waals surface area contributed by atoms with Gasteiger partial charge in [0, 0.05) is 13.1 Å². The normalized spacial score (nSPS) is 30.6. The van der Waals surface area contributed by atoms with Gasteiger partial charge in [0.2, 0.25) is 12.2 Å². The maximum absolute atomic E-state index is 11.3. The SMILES string of the molecule is COc1cccnc1OC1OC(CO)C(O)C(O)C1NC(C)=O. The van der Waals surface area contributed by atoms with Crippen LogP contribution >= 0.6 is 0 Å². The van der Waals surface area contributed by atoms with E-state index in [4.69, 9.17) is 14.2 Å². The van der Waals surface area contributed by atoms with Crippen LogP contribution in [0.25, 0.3) is 0 Å². The fourth-order valence-electron chi connectivity index (χ4n) is 2.30. The molecule has 0 aliphatic carbocycles. The van der Waals surface area contributed by atoms with Crippen LogP contribution in [-0.2, 0) is 9.53 Å². The third-order valence-corrected chi connectivity index (χ3v) is 3.43. The number of carbonyl (C=O) groups is 1. The van der Waals surface area contributed by atoms with Crippen LogP contribution in [0.4, 0.5) is 0 Å². The van der Waals surface area contributed by atoms with Crippen LogP contribution < -0.4 is 14.8 Å². The summed E-state index contributed by atoms with van der Waals surface area (Å²) in [5.41, 5.74) is 0. The first-order valence-electron chi connectivity index (χ1n) is 7.03. The Balaban J connectivity index is 2.25. The van der Waals surface area contributed by atoms with Crippen LogP contribution in [-0.4, -0.2) is 70.6 Å². The van der Waals surface area contributed by atoms with Crippen molar-refractivity contribution < 1.29 is 34.3 Å². The summed E-state index contributed by atoms with van der Waals surface area (Å²) >= 11 is 0. The van der Waals surface area contributed by atoms with Gasteiger partial charge in [-0.1, -0.05) is 0 Å². The molecule has 128 valence electrons. The minimum atomic E-state index is -1.38. The van der Waals surface area contributed by atoms with Gasteiger partial charge in [0.1, 0.15) is 24.4 Å². The van der Waals surface area contributed by atoms with Crippen LogP contribution in [0.15, 0.2) is 18.3 Å². The highest BCUT2D eigenvalue weighted by atomic mass is 16.7. The summed E-state index contributed by atoms with van der Waals surface area (Å²) < 4.78 is 16.1. The summed E-state index contributed by atoms with van der Waals surface area (Å²) in [6, 6.07) is 2.22. The smallest absolute Gasteiger partial charge is 0.259 e. The summed E-state index contributed by atoms with van der Waals surface area (Å²) in [4.78, 5) is 15.3. The van der Waals surface area contributed by atoms with E-state index in [1.807, 2.05) is 0 Å². The zero-order chi connectivity index (χ0) is 17.0. The highest BCUT2D eigenvalue weighted by Gasteiger charge is 2.46. The van der Waals surface area contributed by atoms with E-state index >= 15 is 0 Å². The summed E-state index contributed by atoms with van der Waals surface area (Å²) in [6.07, 6.45) is -3.51. The van der Waals surface area contributed by atoms with Crippen molar-refractivity contribution in [2.45, 2.75) is 37.6 Å². The zero-order valence-corrected chi connectivity index (χ0v) is 12.7. The van der Waals surface area contributed by atoms with Gasteiger partial charge in [-0.15, -0.1) is 0 Å². The second-order valence-corrected chi connectivity index (χ2v) is 5.06. The van der Waals surface area contributed by atoms with E-state index in [9.17, 15) is 20.1 Å². The second kappa shape index (κ2) is 7.55. The molecule has 1 aliphatic heterocycles. The van der Waals surface area contributed by atoms with E-state index in [1.54, 1.807) is 12.1 Å². The van der Waals surface area contributed by atoms with Crippen molar-refractivity contribution >= 4 is 5.91 Å². The van der Waals surface area contributed by atoms with Crippen molar-refractivity contribution in [1.29, 1.82) is 0 Å². The summed E-state index contributed by atoms with van der Waals surface area (Å²) in [7, 11) is 1.44. The lowest BCUT2D eigenvalue weighted by atomic mass is 9.97. The van der Waals surface area contributed by atoms with Crippen molar-refractivity contribution in [3.63, 3.8) is 0 Å². The molecule has 4 N–H and O–H groups in total. The topological polar surface area (TPSA) is 130 Å². The van der Waals surface area contributed by atoms with E-state index < -0.39 is 43.2 Å². The van der Waals surface area contributed by atoms with E-state index in [0.29, 0.717) is 5.75 Å². The van der Waals surface area contributed by atoms with Crippen LogP contribution in [0, 0.1) is 0 Å². The quantitative estimate of drug-likeness (QED) is 0.509. The van der Waals surface area contributed by atoms with E-state index in [-0.39, 0.29) is 5.88 Å². The van der Waals surface area contributed by atoms with Crippen LogP contribution in [0.1, 0.15) is 6.92 Å². The van der Waals surface area contributed by atoms with Crippen LogP contribution in [0.3, 0.4) is 0 Å². The Bertz CT molecular complexity index is 542. The number of hydrogen-bond donors (Lipinski definition) is 4. The van der Waals surface area contributed by atoms with Gasteiger partial charge in [0.25, 0.3) is 5.88 Å². The molecule has 9 nitrogen and oxygen atoms in total. The third kappa shape index (κ3) is 3.88. The molecule has 23 heavy (non-hydrogen) atoms. The molecule has 1 aromatic heterocycles. The van der Waals surface area contributed by atoms with Crippen molar-refractivity contribution in [2.24, 2.45) is 0 Å². The van der Waals surface area contributed by atoms with E-state index in [0.717, 1.165) is 0 Å². The highest BCUT2D eigenvalue weighted by Crippen LogP contribution is 2.28. The number of rotatable bonds is 5. The first-order chi connectivity index (χ1) is 11.0. The Morgan fingerprint density at radius 2 is 2.17 bits per heavy atom. The standard InChI is InChI=1S/C14H20N2O7/c1-7(18)16-10-12(20)11(19)9(6-17)22-14(10)23-13-8(21-2)4-3-5-15-13/h3-5,9-12,14,17,19-20H,6H2,1-2H3,(H,16,18). The average molecular weight is 328 g/mol. The predicted octanol–water partition coefficient (Wildman–Crippen LogP) is -1.59. The minimum Gasteiger partial charge on any atom is -0.491 e. The van der Waals surface area contributed by atoms with Gasteiger partial charge in [-0.3, -0.25) is 4.79 Å². The molecule has 0 saturated carbocycles. The number of aromatic nitrogens is 1. The molecular weight excluding hydrogens is 308 g/mol. The van der Waals surface area contributed by atoms with Crippen LogP contribution in [0.2, 0.25) is 0 Å². The van der Waals surface area contributed by atoms with E-state index in [1.165, 1.54) is 20.2 Å². The summed E-state index contributed by atoms with van der Waals surface area (Å²) in [5, 5.41) is 31.8. The van der Waals surface area contributed by atoms with Gasteiger partial charge >= 0.3 is 0 Å². The Hall–Kier alpha value is -1.94. The molecule has 1 fully saturated rings. The van der Waals surface area contributed by atoms with Gasteiger partial charge < -0.3 is 34.8 Å². The molecule has 0 radical (unpaired) electrons. The van der Waals surface area contributed by atoms with Crippen molar-refractivity contribution in [3.05, 3.63) is 18.3 Å².